The number of hydrogen-bond acceptors (Lipinski definition) is 3. The summed E-state index contributed by atoms with van der Waals surface area (Å²) in [5.41, 5.74) is 0.842. The molecule has 0 saturated carbocycles. The molecule has 0 unspecified atom stereocenters. The van der Waals surface area contributed by atoms with Gasteiger partial charge in [-0.2, -0.15) is 0 Å². The molecule has 1 aliphatic rings. The molecule has 3 nitrogen and oxygen atoms in total. The molecular weight excluding hydrogens is 256 g/mol. The van der Waals surface area contributed by atoms with Crippen LogP contribution in [0.25, 0.3) is 0 Å². The highest BCUT2D eigenvalue weighted by atomic mass is 32.1. The van der Waals surface area contributed by atoms with E-state index in [-0.39, 0.29) is 5.91 Å². The van der Waals surface area contributed by atoms with Crippen molar-refractivity contribution in [2.45, 2.75) is 33.6 Å². The molecule has 19 heavy (non-hydrogen) atoms. The Morgan fingerprint density at radius 2 is 2.32 bits per heavy atom. The van der Waals surface area contributed by atoms with Gasteiger partial charge in [-0.1, -0.05) is 6.92 Å². The molecule has 4 heteroatoms. The number of amides is 1. The van der Waals surface area contributed by atoms with E-state index in [4.69, 9.17) is 0 Å². The first-order chi connectivity index (χ1) is 9.06. The van der Waals surface area contributed by atoms with E-state index in [9.17, 15) is 4.79 Å². The number of aryl methyl sites for hydroxylation is 2. The molecule has 1 aromatic heterocycles. The fourth-order valence-electron chi connectivity index (χ4n) is 2.77. The number of thiophene rings is 1. The number of carbonyl (C=O) groups is 1. The summed E-state index contributed by atoms with van der Waals surface area (Å²) in [5.74, 6) is 0.873. The highest BCUT2D eigenvalue weighted by Gasteiger charge is 2.16. The summed E-state index contributed by atoms with van der Waals surface area (Å²) < 4.78 is 0. The Labute approximate surface area is 120 Å². The van der Waals surface area contributed by atoms with Crippen LogP contribution >= 0.6 is 11.3 Å². The van der Waals surface area contributed by atoms with E-state index in [1.165, 1.54) is 30.8 Å². The van der Waals surface area contributed by atoms with E-state index in [1.54, 1.807) is 11.3 Å². The maximum atomic E-state index is 12.1. The quantitative estimate of drug-likeness (QED) is 0.920. The Bertz CT molecular complexity index is 441. The Morgan fingerprint density at radius 3 is 2.95 bits per heavy atom. The van der Waals surface area contributed by atoms with E-state index in [2.05, 4.69) is 17.1 Å². The minimum absolute atomic E-state index is 0.0758. The lowest BCUT2D eigenvalue weighted by Gasteiger charge is -2.30. The highest BCUT2D eigenvalue weighted by Crippen LogP contribution is 2.20. The van der Waals surface area contributed by atoms with Crippen molar-refractivity contribution in [3.05, 3.63) is 21.4 Å². The molecule has 0 spiro atoms. The number of piperidine rings is 1. The molecule has 0 aliphatic carbocycles. The van der Waals surface area contributed by atoms with Gasteiger partial charge in [-0.05, 0) is 45.2 Å². The summed E-state index contributed by atoms with van der Waals surface area (Å²) in [6.07, 6.45) is 2.63. The number of hydrogen-bond donors (Lipinski definition) is 1. The van der Waals surface area contributed by atoms with E-state index < -0.39 is 0 Å². The van der Waals surface area contributed by atoms with Crippen molar-refractivity contribution in [3.8, 4) is 0 Å². The first-order valence-electron chi connectivity index (χ1n) is 7.14. The maximum absolute atomic E-state index is 12.1. The van der Waals surface area contributed by atoms with Gasteiger partial charge in [-0.15, -0.1) is 11.3 Å². The summed E-state index contributed by atoms with van der Waals surface area (Å²) in [5, 5.41) is 3.04. The SMILES string of the molecule is Cc1cc(C(=O)NCCN2CCC[C@H](C)C2)c(C)s1. The molecule has 0 bridgehead atoms. The van der Waals surface area contributed by atoms with E-state index >= 15 is 0 Å². The standard InChI is InChI=1S/C15H24N2OS/c1-11-5-4-7-17(10-11)8-6-16-15(18)14-9-12(2)19-13(14)3/h9,11H,4-8,10H2,1-3H3,(H,16,18)/t11-/m0/s1. The molecule has 1 fully saturated rings. The van der Waals surface area contributed by atoms with Gasteiger partial charge in [-0.25, -0.2) is 0 Å². The van der Waals surface area contributed by atoms with Gasteiger partial charge in [0, 0.05) is 29.4 Å². The monoisotopic (exact) mass is 280 g/mol. The molecule has 1 aliphatic heterocycles. The zero-order chi connectivity index (χ0) is 13.8. The zero-order valence-electron chi connectivity index (χ0n) is 12.2. The molecule has 1 saturated heterocycles. The average Bonchev–Trinajstić information content (AvgIpc) is 2.68. The van der Waals surface area contributed by atoms with Gasteiger partial charge in [0.05, 0.1) is 5.56 Å². The Balaban J connectivity index is 1.76. The summed E-state index contributed by atoms with van der Waals surface area (Å²) in [6.45, 7) is 10.4. The lowest BCUT2D eigenvalue weighted by molar-refractivity contribution is 0.0943. The van der Waals surface area contributed by atoms with Gasteiger partial charge in [0.1, 0.15) is 0 Å². The van der Waals surface area contributed by atoms with Crippen LogP contribution in [0, 0.1) is 19.8 Å². The van der Waals surface area contributed by atoms with E-state index in [0.717, 1.165) is 29.4 Å². The van der Waals surface area contributed by atoms with Crippen molar-refractivity contribution in [2.24, 2.45) is 5.92 Å². The van der Waals surface area contributed by atoms with Crippen LogP contribution < -0.4 is 5.32 Å². The molecule has 0 aromatic carbocycles. The van der Waals surface area contributed by atoms with Gasteiger partial charge >= 0.3 is 0 Å². The second-order valence-electron chi connectivity index (χ2n) is 5.63. The van der Waals surface area contributed by atoms with Gasteiger partial charge in [0.15, 0.2) is 0 Å². The van der Waals surface area contributed by atoms with E-state index in [1.807, 2.05) is 19.9 Å². The average molecular weight is 280 g/mol. The molecule has 1 amide bonds. The van der Waals surface area contributed by atoms with Crippen LogP contribution in [-0.2, 0) is 0 Å². The predicted molar refractivity (Wildman–Crippen MR) is 81.0 cm³/mol. The summed E-state index contributed by atoms with van der Waals surface area (Å²) >= 11 is 1.69. The highest BCUT2D eigenvalue weighted by molar-refractivity contribution is 7.12. The molecule has 2 rings (SSSR count). The topological polar surface area (TPSA) is 32.3 Å². The van der Waals surface area contributed by atoms with E-state index in [0.29, 0.717) is 0 Å². The number of likely N-dealkylation sites (tertiary alicyclic amines) is 1. The van der Waals surface area contributed by atoms with Crippen molar-refractivity contribution < 1.29 is 4.79 Å². The molecule has 2 heterocycles. The molecule has 0 radical (unpaired) electrons. The third kappa shape index (κ3) is 4.05. The molecule has 1 N–H and O–H groups in total. The first-order valence-corrected chi connectivity index (χ1v) is 7.95. The van der Waals surface area contributed by atoms with Crippen molar-refractivity contribution >= 4 is 17.2 Å². The van der Waals surface area contributed by atoms with Crippen LogP contribution in [-0.4, -0.2) is 37.0 Å². The summed E-state index contributed by atoms with van der Waals surface area (Å²) in [4.78, 5) is 16.8. The van der Waals surface area contributed by atoms with Crippen LogP contribution in [0.15, 0.2) is 6.07 Å². The predicted octanol–water partition coefficient (Wildman–Crippen LogP) is 2.83. The van der Waals surface area contributed by atoms with Crippen molar-refractivity contribution in [3.63, 3.8) is 0 Å². The fourth-order valence-corrected chi connectivity index (χ4v) is 3.69. The second-order valence-corrected chi connectivity index (χ2v) is 7.09. The number of rotatable bonds is 4. The van der Waals surface area contributed by atoms with Gasteiger partial charge < -0.3 is 10.2 Å². The van der Waals surface area contributed by atoms with Crippen LogP contribution in [0.1, 0.15) is 39.9 Å². The third-order valence-electron chi connectivity index (χ3n) is 3.74. The van der Waals surface area contributed by atoms with Crippen LogP contribution in [0.4, 0.5) is 0 Å². The number of nitrogens with one attached hydrogen (secondary N) is 1. The van der Waals surface area contributed by atoms with Crippen molar-refractivity contribution in [2.75, 3.05) is 26.2 Å². The maximum Gasteiger partial charge on any atom is 0.252 e. The number of carbonyl (C=O) groups excluding carboxylic acids is 1. The summed E-state index contributed by atoms with van der Waals surface area (Å²) in [6, 6.07) is 1.98. The molecule has 1 atom stereocenters. The second kappa shape index (κ2) is 6.53. The third-order valence-corrected chi connectivity index (χ3v) is 4.71. The minimum atomic E-state index is 0.0758. The molecular formula is C15H24N2OS. The van der Waals surface area contributed by atoms with Crippen molar-refractivity contribution in [1.82, 2.24) is 10.2 Å². The van der Waals surface area contributed by atoms with Crippen LogP contribution in [0.3, 0.4) is 0 Å². The Morgan fingerprint density at radius 1 is 1.53 bits per heavy atom. The lowest BCUT2D eigenvalue weighted by Crippen LogP contribution is -2.40. The molecule has 106 valence electrons. The largest absolute Gasteiger partial charge is 0.351 e. The first kappa shape index (κ1) is 14.5. The Hall–Kier alpha value is -0.870. The number of nitrogens with zero attached hydrogens (tertiary/aromatic N) is 1. The zero-order valence-corrected chi connectivity index (χ0v) is 13.0. The van der Waals surface area contributed by atoms with Crippen LogP contribution in [0.2, 0.25) is 0 Å². The minimum Gasteiger partial charge on any atom is -0.351 e. The Kier molecular flexibility index (Phi) is 4.99. The van der Waals surface area contributed by atoms with Crippen LogP contribution in [0.5, 0.6) is 0 Å². The van der Waals surface area contributed by atoms with Crippen molar-refractivity contribution in [1.29, 1.82) is 0 Å². The fraction of sp³-hybridized carbons (Fsp3) is 0.667. The van der Waals surface area contributed by atoms with Gasteiger partial charge in [0.25, 0.3) is 5.91 Å². The summed E-state index contributed by atoms with van der Waals surface area (Å²) in [7, 11) is 0. The van der Waals surface area contributed by atoms with Gasteiger partial charge in [0.2, 0.25) is 0 Å². The lowest BCUT2D eigenvalue weighted by atomic mass is 10.0. The normalized spacial score (nSPS) is 20.5. The molecule has 1 aromatic rings. The van der Waals surface area contributed by atoms with Gasteiger partial charge in [-0.3, -0.25) is 4.79 Å². The smallest absolute Gasteiger partial charge is 0.252 e.